The first-order valence-corrected chi connectivity index (χ1v) is 7.86. The Morgan fingerprint density at radius 2 is 2.04 bits per heavy atom. The fraction of sp³-hybridized carbons (Fsp3) is 0.294. The fourth-order valence-corrected chi connectivity index (χ4v) is 2.32. The molecule has 0 saturated heterocycles. The summed E-state index contributed by atoms with van der Waals surface area (Å²) in [5.41, 5.74) is 0.0277. The first kappa shape index (κ1) is 19.1. The smallest absolute Gasteiger partial charge is 0.417 e. The van der Waals surface area contributed by atoms with Crippen LogP contribution in [-0.4, -0.2) is 17.5 Å². The van der Waals surface area contributed by atoms with Crippen molar-refractivity contribution in [2.45, 2.75) is 25.9 Å². The quantitative estimate of drug-likeness (QED) is 0.737. The largest absolute Gasteiger partial charge is 0.492 e. The van der Waals surface area contributed by atoms with E-state index in [9.17, 15) is 18.0 Å². The summed E-state index contributed by atoms with van der Waals surface area (Å²) >= 11 is 6.03. The number of benzene rings is 1. The number of para-hydroxylation sites is 1. The highest BCUT2D eigenvalue weighted by Gasteiger charge is 2.30. The van der Waals surface area contributed by atoms with Crippen molar-refractivity contribution in [3.05, 3.63) is 52.7 Å². The van der Waals surface area contributed by atoms with Crippen LogP contribution in [0.25, 0.3) is 0 Å². The third-order valence-corrected chi connectivity index (χ3v) is 3.61. The molecule has 0 aliphatic rings. The van der Waals surface area contributed by atoms with E-state index in [1.54, 1.807) is 6.07 Å². The minimum atomic E-state index is -4.45. The Kier molecular flexibility index (Phi) is 6.25. The maximum absolute atomic E-state index is 12.4. The lowest BCUT2D eigenvalue weighted by atomic mass is 10.2. The SMILES string of the molecule is Cc1cccc(Cl)c1OCCCC(=O)Nc1ccc(C(F)(F)F)cn1. The number of aromatic nitrogens is 1. The summed E-state index contributed by atoms with van der Waals surface area (Å²) in [6.45, 7) is 2.16. The zero-order valence-corrected chi connectivity index (χ0v) is 14.1. The molecule has 1 aromatic heterocycles. The van der Waals surface area contributed by atoms with E-state index < -0.39 is 11.7 Å². The van der Waals surface area contributed by atoms with Crippen molar-refractivity contribution in [3.8, 4) is 5.75 Å². The van der Waals surface area contributed by atoms with E-state index in [1.165, 1.54) is 0 Å². The van der Waals surface area contributed by atoms with Crippen molar-refractivity contribution in [2.75, 3.05) is 11.9 Å². The van der Waals surface area contributed by atoms with E-state index in [0.29, 0.717) is 30.0 Å². The van der Waals surface area contributed by atoms with Gasteiger partial charge in [0.05, 0.1) is 17.2 Å². The molecular weight excluding hydrogens is 357 g/mol. The van der Waals surface area contributed by atoms with Crippen molar-refractivity contribution >= 4 is 23.3 Å². The summed E-state index contributed by atoms with van der Waals surface area (Å²) in [4.78, 5) is 15.4. The van der Waals surface area contributed by atoms with Crippen molar-refractivity contribution < 1.29 is 22.7 Å². The second-order valence-corrected chi connectivity index (χ2v) is 5.72. The molecule has 0 bridgehead atoms. The standard InChI is InChI=1S/C17H16ClF3N2O2/c1-11-4-2-5-13(18)16(11)25-9-3-6-15(24)23-14-8-7-12(10-22-14)17(19,20)21/h2,4-5,7-8,10H,3,6,9H2,1H3,(H,22,23,24). The Hall–Kier alpha value is -2.28. The van der Waals surface area contributed by atoms with E-state index in [2.05, 4.69) is 10.3 Å². The highest BCUT2D eigenvalue weighted by atomic mass is 35.5. The molecule has 2 rings (SSSR count). The molecule has 25 heavy (non-hydrogen) atoms. The zero-order valence-electron chi connectivity index (χ0n) is 13.4. The molecule has 0 aliphatic carbocycles. The lowest BCUT2D eigenvalue weighted by molar-refractivity contribution is -0.137. The van der Waals surface area contributed by atoms with E-state index in [4.69, 9.17) is 16.3 Å². The Bertz CT molecular complexity index is 713. The summed E-state index contributed by atoms with van der Waals surface area (Å²) in [7, 11) is 0. The maximum Gasteiger partial charge on any atom is 0.417 e. The normalized spacial score (nSPS) is 11.2. The van der Waals surface area contributed by atoms with Gasteiger partial charge in [0, 0.05) is 12.6 Å². The highest BCUT2D eigenvalue weighted by Crippen LogP contribution is 2.29. The Morgan fingerprint density at radius 3 is 2.64 bits per heavy atom. The summed E-state index contributed by atoms with van der Waals surface area (Å²) in [5.74, 6) is 0.293. The number of ether oxygens (including phenoxy) is 1. The highest BCUT2D eigenvalue weighted by molar-refractivity contribution is 6.32. The molecule has 0 spiro atoms. The van der Waals surface area contributed by atoms with Gasteiger partial charge in [-0.25, -0.2) is 4.98 Å². The Balaban J connectivity index is 1.77. The summed E-state index contributed by atoms with van der Waals surface area (Å²) in [6.07, 6.45) is -3.20. The molecule has 0 radical (unpaired) electrons. The maximum atomic E-state index is 12.4. The van der Waals surface area contributed by atoms with Gasteiger partial charge < -0.3 is 10.1 Å². The van der Waals surface area contributed by atoms with Gasteiger partial charge in [-0.15, -0.1) is 0 Å². The molecule has 0 saturated carbocycles. The van der Waals surface area contributed by atoms with Gasteiger partial charge in [0.2, 0.25) is 5.91 Å². The topological polar surface area (TPSA) is 51.2 Å². The minimum absolute atomic E-state index is 0.0702. The van der Waals surface area contributed by atoms with E-state index in [-0.39, 0.29) is 18.1 Å². The average molecular weight is 373 g/mol. The van der Waals surface area contributed by atoms with E-state index >= 15 is 0 Å². The summed E-state index contributed by atoms with van der Waals surface area (Å²) in [6, 6.07) is 7.38. The number of hydrogen-bond donors (Lipinski definition) is 1. The molecule has 1 aromatic carbocycles. The number of anilines is 1. The van der Waals surface area contributed by atoms with Crippen LogP contribution in [0.15, 0.2) is 36.5 Å². The van der Waals surface area contributed by atoms with Crippen LogP contribution in [0.5, 0.6) is 5.75 Å². The van der Waals surface area contributed by atoms with Gasteiger partial charge in [-0.05, 0) is 37.1 Å². The van der Waals surface area contributed by atoms with Gasteiger partial charge in [-0.3, -0.25) is 4.79 Å². The molecule has 0 aliphatic heterocycles. The number of nitrogens with zero attached hydrogens (tertiary/aromatic N) is 1. The lowest BCUT2D eigenvalue weighted by Gasteiger charge is -2.11. The molecule has 0 fully saturated rings. The third kappa shape index (κ3) is 5.63. The number of carbonyl (C=O) groups is 1. The van der Waals surface area contributed by atoms with Gasteiger partial charge in [-0.1, -0.05) is 23.7 Å². The molecule has 0 unspecified atom stereocenters. The predicted molar refractivity (Wildman–Crippen MR) is 88.8 cm³/mol. The van der Waals surface area contributed by atoms with Crippen LogP contribution in [0.3, 0.4) is 0 Å². The summed E-state index contributed by atoms with van der Waals surface area (Å²) < 4.78 is 42.9. The number of nitrogens with one attached hydrogen (secondary N) is 1. The number of rotatable bonds is 6. The Labute approximate surface area is 148 Å². The lowest BCUT2D eigenvalue weighted by Crippen LogP contribution is -2.14. The monoisotopic (exact) mass is 372 g/mol. The van der Waals surface area contributed by atoms with Crippen molar-refractivity contribution in [2.24, 2.45) is 0 Å². The van der Waals surface area contributed by atoms with Crippen LogP contribution in [0.2, 0.25) is 5.02 Å². The molecule has 0 atom stereocenters. The van der Waals surface area contributed by atoms with Gasteiger partial charge in [0.15, 0.2) is 0 Å². The van der Waals surface area contributed by atoms with E-state index in [0.717, 1.165) is 17.7 Å². The van der Waals surface area contributed by atoms with Crippen LogP contribution < -0.4 is 10.1 Å². The number of carbonyl (C=O) groups excluding carboxylic acids is 1. The number of amides is 1. The number of aryl methyl sites for hydroxylation is 1. The number of hydrogen-bond acceptors (Lipinski definition) is 3. The predicted octanol–water partition coefficient (Wildman–Crippen LogP) is 4.86. The number of alkyl halides is 3. The molecule has 8 heteroatoms. The van der Waals surface area contributed by atoms with Crippen molar-refractivity contribution in [1.82, 2.24) is 4.98 Å². The first-order valence-electron chi connectivity index (χ1n) is 7.48. The van der Waals surface area contributed by atoms with Gasteiger partial charge in [0.1, 0.15) is 11.6 Å². The third-order valence-electron chi connectivity index (χ3n) is 3.32. The van der Waals surface area contributed by atoms with Crippen LogP contribution in [0, 0.1) is 6.92 Å². The van der Waals surface area contributed by atoms with Crippen LogP contribution in [0.1, 0.15) is 24.0 Å². The fourth-order valence-electron chi connectivity index (χ4n) is 2.05. The first-order chi connectivity index (χ1) is 11.8. The number of halogens is 4. The molecule has 1 amide bonds. The average Bonchev–Trinajstić information content (AvgIpc) is 2.53. The molecule has 2 aromatic rings. The molecule has 4 nitrogen and oxygen atoms in total. The minimum Gasteiger partial charge on any atom is -0.492 e. The molecule has 1 N–H and O–H groups in total. The Morgan fingerprint density at radius 1 is 1.28 bits per heavy atom. The molecule has 1 heterocycles. The summed E-state index contributed by atoms with van der Waals surface area (Å²) in [5, 5.41) is 2.94. The second-order valence-electron chi connectivity index (χ2n) is 5.32. The van der Waals surface area contributed by atoms with Crippen LogP contribution >= 0.6 is 11.6 Å². The van der Waals surface area contributed by atoms with Crippen molar-refractivity contribution in [3.63, 3.8) is 0 Å². The van der Waals surface area contributed by atoms with Gasteiger partial charge in [-0.2, -0.15) is 13.2 Å². The zero-order chi connectivity index (χ0) is 18.4. The van der Waals surface area contributed by atoms with E-state index in [1.807, 2.05) is 19.1 Å². The number of pyridine rings is 1. The van der Waals surface area contributed by atoms with Crippen LogP contribution in [-0.2, 0) is 11.0 Å². The van der Waals surface area contributed by atoms with Gasteiger partial charge in [0.25, 0.3) is 0 Å². The second kappa shape index (κ2) is 8.20. The van der Waals surface area contributed by atoms with Gasteiger partial charge >= 0.3 is 6.18 Å². The van der Waals surface area contributed by atoms with Crippen LogP contribution in [0.4, 0.5) is 19.0 Å². The van der Waals surface area contributed by atoms with Crippen molar-refractivity contribution in [1.29, 1.82) is 0 Å². The molecule has 134 valence electrons. The molecular formula is C17H16ClF3N2O2.